The number of hydrogen-bond donors (Lipinski definition) is 1. The highest BCUT2D eigenvalue weighted by molar-refractivity contribution is 7.92. The van der Waals surface area contributed by atoms with Crippen molar-refractivity contribution in [3.8, 4) is 11.5 Å². The van der Waals surface area contributed by atoms with E-state index in [1.165, 1.54) is 26.0 Å². The van der Waals surface area contributed by atoms with Crippen molar-refractivity contribution in [1.82, 2.24) is 0 Å². The van der Waals surface area contributed by atoms with E-state index in [0.717, 1.165) is 30.3 Å². The Morgan fingerprint density at radius 1 is 0.967 bits per heavy atom. The molecule has 12 nitrogen and oxygen atoms in total. The summed E-state index contributed by atoms with van der Waals surface area (Å²) in [6, 6.07) is 7.62. The van der Waals surface area contributed by atoms with Gasteiger partial charge in [-0.05, 0) is 32.0 Å². The van der Waals surface area contributed by atoms with Crippen molar-refractivity contribution >= 4 is 27.4 Å². The molecule has 0 spiro atoms. The predicted octanol–water partition coefficient (Wildman–Crippen LogP) is 2.86. The molecule has 2 N–H and O–H groups in total. The summed E-state index contributed by atoms with van der Waals surface area (Å²) in [5, 5.41) is 19.1. The summed E-state index contributed by atoms with van der Waals surface area (Å²) in [5.74, 6) is -0.338. The van der Waals surface area contributed by atoms with E-state index in [2.05, 4.69) is 0 Å². The second-order valence-electron chi connectivity index (χ2n) is 6.12. The van der Waals surface area contributed by atoms with Crippen LogP contribution in [0.3, 0.4) is 0 Å². The third-order valence-corrected chi connectivity index (χ3v) is 6.37. The minimum atomic E-state index is -3.94. The van der Waals surface area contributed by atoms with E-state index in [9.17, 15) is 33.4 Å². The number of nitro benzene ring substituents is 2. The average molecular weight is 439 g/mol. The molecule has 0 saturated carbocycles. The SMILES string of the molecule is CC(N)S(=O)(=O)C(C)c1cc([N+](=O)[O-])ccc1OC(=O)Oc1ccc([N+](=O)[O-])cc1. The van der Waals surface area contributed by atoms with Crippen molar-refractivity contribution in [3.63, 3.8) is 0 Å². The van der Waals surface area contributed by atoms with Gasteiger partial charge in [0.05, 0.1) is 15.1 Å². The van der Waals surface area contributed by atoms with Gasteiger partial charge >= 0.3 is 6.16 Å². The Kier molecular flexibility index (Phi) is 6.69. The van der Waals surface area contributed by atoms with Gasteiger partial charge < -0.3 is 15.2 Å². The fraction of sp³-hybridized carbons (Fsp3) is 0.235. The Hall–Kier alpha value is -3.58. The molecule has 0 saturated heterocycles. The summed E-state index contributed by atoms with van der Waals surface area (Å²) in [4.78, 5) is 32.4. The van der Waals surface area contributed by atoms with Gasteiger partial charge in [-0.2, -0.15) is 0 Å². The quantitative estimate of drug-likeness (QED) is 0.291. The molecule has 0 bridgehead atoms. The highest BCUT2D eigenvalue weighted by Crippen LogP contribution is 2.35. The number of non-ortho nitro benzene ring substituents is 2. The van der Waals surface area contributed by atoms with Gasteiger partial charge in [-0.15, -0.1) is 0 Å². The van der Waals surface area contributed by atoms with Gasteiger partial charge in [0.25, 0.3) is 11.4 Å². The van der Waals surface area contributed by atoms with Crippen LogP contribution in [0.2, 0.25) is 0 Å². The lowest BCUT2D eigenvalue weighted by Crippen LogP contribution is -2.30. The zero-order valence-electron chi connectivity index (χ0n) is 15.8. The van der Waals surface area contributed by atoms with Gasteiger partial charge in [0.2, 0.25) is 0 Å². The Morgan fingerprint density at radius 2 is 1.50 bits per heavy atom. The number of sulfone groups is 1. The van der Waals surface area contributed by atoms with Crippen LogP contribution >= 0.6 is 0 Å². The van der Waals surface area contributed by atoms with Crippen LogP contribution in [0.1, 0.15) is 24.7 Å². The summed E-state index contributed by atoms with van der Waals surface area (Å²) in [6.45, 7) is 2.50. The predicted molar refractivity (Wildman–Crippen MR) is 104 cm³/mol. The summed E-state index contributed by atoms with van der Waals surface area (Å²) >= 11 is 0. The molecular weight excluding hydrogens is 422 g/mol. The Bertz CT molecular complexity index is 1080. The van der Waals surface area contributed by atoms with Gasteiger partial charge in [-0.3, -0.25) is 20.2 Å². The topological polar surface area (TPSA) is 182 Å². The van der Waals surface area contributed by atoms with Crippen LogP contribution in [-0.4, -0.2) is 29.8 Å². The fourth-order valence-corrected chi connectivity index (χ4v) is 3.58. The lowest BCUT2D eigenvalue weighted by atomic mass is 10.1. The maximum Gasteiger partial charge on any atom is 0.519 e. The first-order chi connectivity index (χ1) is 13.9. The van der Waals surface area contributed by atoms with Gasteiger partial charge in [0.15, 0.2) is 9.84 Å². The number of hydrogen-bond acceptors (Lipinski definition) is 10. The number of ether oxygens (including phenoxy) is 2. The van der Waals surface area contributed by atoms with Crippen molar-refractivity contribution in [1.29, 1.82) is 0 Å². The highest BCUT2D eigenvalue weighted by atomic mass is 32.2. The number of nitro groups is 2. The lowest BCUT2D eigenvalue weighted by molar-refractivity contribution is -0.385. The van der Waals surface area contributed by atoms with Gasteiger partial charge in [0, 0.05) is 29.8 Å². The first-order valence-corrected chi connectivity index (χ1v) is 9.95. The van der Waals surface area contributed by atoms with Crippen molar-refractivity contribution < 1.29 is 32.5 Å². The molecule has 2 rings (SSSR count). The van der Waals surface area contributed by atoms with E-state index >= 15 is 0 Å². The summed E-state index contributed by atoms with van der Waals surface area (Å²) in [7, 11) is -3.94. The normalized spacial score (nSPS) is 13.2. The van der Waals surface area contributed by atoms with Gasteiger partial charge in [-0.1, -0.05) is 0 Å². The summed E-state index contributed by atoms with van der Waals surface area (Å²) in [5.41, 5.74) is 4.71. The summed E-state index contributed by atoms with van der Waals surface area (Å²) in [6.07, 6.45) is -1.27. The van der Waals surface area contributed by atoms with E-state index in [-0.39, 0.29) is 22.7 Å². The number of nitrogens with zero attached hydrogens (tertiary/aromatic N) is 2. The molecule has 0 aromatic heterocycles. The third-order valence-electron chi connectivity index (χ3n) is 4.10. The van der Waals surface area contributed by atoms with E-state index in [0.29, 0.717) is 0 Å². The Labute approximate surface area is 170 Å². The average Bonchev–Trinajstić information content (AvgIpc) is 2.67. The first-order valence-electron chi connectivity index (χ1n) is 8.34. The Balaban J connectivity index is 2.32. The van der Waals surface area contributed by atoms with Crippen molar-refractivity contribution in [2.24, 2.45) is 5.73 Å². The molecule has 0 amide bonds. The standard InChI is InChI=1S/C17H17N3O9S/c1-10(30(26,27)11(2)18)15-9-13(20(24)25)5-8-16(15)29-17(21)28-14-6-3-12(4-7-14)19(22)23/h3-11H,18H2,1-2H3. The smallest absolute Gasteiger partial charge is 0.395 e. The molecule has 0 aliphatic carbocycles. The zero-order valence-corrected chi connectivity index (χ0v) is 16.6. The second-order valence-corrected chi connectivity index (χ2v) is 8.75. The van der Waals surface area contributed by atoms with E-state index in [1.54, 1.807) is 0 Å². The van der Waals surface area contributed by atoms with Crippen LogP contribution in [-0.2, 0) is 9.84 Å². The molecule has 2 aromatic carbocycles. The van der Waals surface area contributed by atoms with Crippen molar-refractivity contribution in [2.75, 3.05) is 0 Å². The molecule has 0 aliphatic rings. The fourth-order valence-electron chi connectivity index (χ4n) is 2.40. The molecule has 2 aromatic rings. The van der Waals surface area contributed by atoms with E-state index in [1.807, 2.05) is 0 Å². The monoisotopic (exact) mass is 439 g/mol. The van der Waals surface area contributed by atoms with Crippen LogP contribution < -0.4 is 15.2 Å². The number of nitrogens with two attached hydrogens (primary N) is 1. The molecule has 2 atom stereocenters. The zero-order chi connectivity index (χ0) is 22.6. The molecule has 0 radical (unpaired) electrons. The molecule has 160 valence electrons. The van der Waals surface area contributed by atoms with Crippen LogP contribution in [0.15, 0.2) is 42.5 Å². The second kappa shape index (κ2) is 8.84. The molecule has 0 heterocycles. The lowest BCUT2D eigenvalue weighted by Gasteiger charge is -2.18. The highest BCUT2D eigenvalue weighted by Gasteiger charge is 2.31. The Morgan fingerprint density at radius 3 is 2.00 bits per heavy atom. The first kappa shape index (κ1) is 22.7. The van der Waals surface area contributed by atoms with Crippen LogP contribution in [0.4, 0.5) is 16.2 Å². The number of rotatable bonds is 7. The third kappa shape index (κ3) is 5.07. The van der Waals surface area contributed by atoms with Gasteiger partial charge in [-0.25, -0.2) is 13.2 Å². The van der Waals surface area contributed by atoms with Crippen LogP contribution in [0.25, 0.3) is 0 Å². The maximum absolute atomic E-state index is 12.4. The minimum Gasteiger partial charge on any atom is -0.395 e. The van der Waals surface area contributed by atoms with Gasteiger partial charge in [0.1, 0.15) is 16.9 Å². The van der Waals surface area contributed by atoms with E-state index in [4.69, 9.17) is 15.2 Å². The maximum atomic E-state index is 12.4. The molecule has 0 aliphatic heterocycles. The largest absolute Gasteiger partial charge is 0.519 e. The number of carbonyl (C=O) groups is 1. The summed E-state index contributed by atoms with van der Waals surface area (Å²) < 4.78 is 34.8. The van der Waals surface area contributed by atoms with Crippen LogP contribution in [0, 0.1) is 20.2 Å². The van der Waals surface area contributed by atoms with Crippen molar-refractivity contribution in [2.45, 2.75) is 24.5 Å². The van der Waals surface area contributed by atoms with Crippen molar-refractivity contribution in [3.05, 3.63) is 68.3 Å². The number of carbonyl (C=O) groups excluding carboxylic acids is 1. The molecule has 2 unspecified atom stereocenters. The molecule has 13 heteroatoms. The number of benzene rings is 2. The minimum absolute atomic E-state index is 0.0645. The molecular formula is C17H17N3O9S. The molecule has 0 fully saturated rings. The molecule has 30 heavy (non-hydrogen) atoms. The van der Waals surface area contributed by atoms with Crippen LogP contribution in [0.5, 0.6) is 11.5 Å². The van der Waals surface area contributed by atoms with E-state index < -0.39 is 42.2 Å².